The summed E-state index contributed by atoms with van der Waals surface area (Å²) in [6.45, 7) is 2.29. The normalized spacial score (nSPS) is 12.0. The molecule has 0 fully saturated rings. The Kier molecular flexibility index (Phi) is 6.10. The van der Waals surface area contributed by atoms with Gasteiger partial charge in [-0.05, 0) is 25.2 Å². The van der Waals surface area contributed by atoms with Gasteiger partial charge in [-0.3, -0.25) is 14.5 Å². The fourth-order valence-electron chi connectivity index (χ4n) is 1.93. The molecule has 1 unspecified atom stereocenters. The van der Waals surface area contributed by atoms with Gasteiger partial charge in [0.1, 0.15) is 5.82 Å². The predicted molar refractivity (Wildman–Crippen MR) is 80.2 cm³/mol. The molecule has 1 aromatic rings. The van der Waals surface area contributed by atoms with Crippen molar-refractivity contribution in [3.05, 3.63) is 24.0 Å². The fourth-order valence-corrected chi connectivity index (χ4v) is 1.93. The molecule has 2 amide bonds. The van der Waals surface area contributed by atoms with Crippen molar-refractivity contribution in [1.29, 1.82) is 0 Å². The Hall–Kier alpha value is -2.15. The number of nitrogens with zero attached hydrogens (tertiary/aromatic N) is 1. The van der Waals surface area contributed by atoms with Crippen molar-refractivity contribution in [3.8, 4) is 0 Å². The minimum absolute atomic E-state index is 0.0806. The van der Waals surface area contributed by atoms with E-state index < -0.39 is 5.82 Å². The summed E-state index contributed by atoms with van der Waals surface area (Å²) in [6, 6.07) is 3.78. The molecule has 7 heteroatoms. The SMILES string of the molecule is CNC(=O)C(C)CN(C)CC(=O)Nc1cc(F)ccc1N. The Morgan fingerprint density at radius 1 is 1.43 bits per heavy atom. The van der Waals surface area contributed by atoms with Crippen LogP contribution in [0, 0.1) is 11.7 Å². The van der Waals surface area contributed by atoms with Crippen LogP contribution in [0.15, 0.2) is 18.2 Å². The van der Waals surface area contributed by atoms with Gasteiger partial charge in [-0.1, -0.05) is 6.92 Å². The van der Waals surface area contributed by atoms with Crippen LogP contribution in [0.25, 0.3) is 0 Å². The van der Waals surface area contributed by atoms with Gasteiger partial charge in [-0.25, -0.2) is 4.39 Å². The maximum atomic E-state index is 13.1. The number of likely N-dealkylation sites (N-methyl/N-ethyl adjacent to an activating group) is 1. The minimum atomic E-state index is -0.471. The summed E-state index contributed by atoms with van der Waals surface area (Å²) in [4.78, 5) is 25.0. The summed E-state index contributed by atoms with van der Waals surface area (Å²) in [5.74, 6) is -1.11. The smallest absolute Gasteiger partial charge is 0.238 e. The van der Waals surface area contributed by atoms with Crippen molar-refractivity contribution >= 4 is 23.2 Å². The van der Waals surface area contributed by atoms with E-state index in [9.17, 15) is 14.0 Å². The first-order valence-electron chi connectivity index (χ1n) is 6.58. The molecule has 116 valence electrons. The maximum absolute atomic E-state index is 13.1. The van der Waals surface area contributed by atoms with Gasteiger partial charge in [0.15, 0.2) is 0 Å². The Balaban J connectivity index is 2.53. The second-order valence-electron chi connectivity index (χ2n) is 4.99. The van der Waals surface area contributed by atoms with Gasteiger partial charge < -0.3 is 16.4 Å². The molecule has 0 saturated heterocycles. The second-order valence-corrected chi connectivity index (χ2v) is 4.99. The van der Waals surface area contributed by atoms with Crippen molar-refractivity contribution in [3.63, 3.8) is 0 Å². The molecule has 21 heavy (non-hydrogen) atoms. The molecule has 0 spiro atoms. The average Bonchev–Trinajstić information content (AvgIpc) is 2.41. The van der Waals surface area contributed by atoms with Crippen LogP contribution >= 0.6 is 0 Å². The molecule has 0 saturated carbocycles. The highest BCUT2D eigenvalue weighted by atomic mass is 19.1. The molecular formula is C14H21FN4O2. The molecule has 4 N–H and O–H groups in total. The number of nitrogens with two attached hydrogens (primary N) is 1. The molecule has 6 nitrogen and oxygen atoms in total. The van der Waals surface area contributed by atoms with Crippen LogP contribution in [0.5, 0.6) is 0 Å². The van der Waals surface area contributed by atoms with Crippen molar-refractivity contribution in [2.24, 2.45) is 5.92 Å². The van der Waals surface area contributed by atoms with Gasteiger partial charge in [-0.15, -0.1) is 0 Å². The van der Waals surface area contributed by atoms with E-state index in [-0.39, 0.29) is 30.0 Å². The molecule has 1 rings (SSSR count). The van der Waals surface area contributed by atoms with Crippen LogP contribution in [0.3, 0.4) is 0 Å². The molecule has 0 heterocycles. The number of anilines is 2. The lowest BCUT2D eigenvalue weighted by atomic mass is 10.1. The molecular weight excluding hydrogens is 275 g/mol. The number of nitrogens with one attached hydrogen (secondary N) is 2. The Labute approximate surface area is 123 Å². The Bertz CT molecular complexity index is 522. The van der Waals surface area contributed by atoms with Gasteiger partial charge in [0, 0.05) is 19.5 Å². The summed E-state index contributed by atoms with van der Waals surface area (Å²) < 4.78 is 13.1. The van der Waals surface area contributed by atoms with Gasteiger partial charge in [0.05, 0.1) is 17.9 Å². The molecule has 1 aromatic carbocycles. The van der Waals surface area contributed by atoms with E-state index in [1.54, 1.807) is 25.9 Å². The molecule has 0 aliphatic rings. The second kappa shape index (κ2) is 7.58. The number of hydrogen-bond donors (Lipinski definition) is 3. The first-order valence-corrected chi connectivity index (χ1v) is 6.58. The number of nitrogen functional groups attached to an aromatic ring is 1. The Morgan fingerprint density at radius 2 is 2.10 bits per heavy atom. The monoisotopic (exact) mass is 296 g/mol. The summed E-state index contributed by atoms with van der Waals surface area (Å²) in [7, 11) is 3.30. The van der Waals surface area contributed by atoms with Crippen LogP contribution in [0.1, 0.15) is 6.92 Å². The topological polar surface area (TPSA) is 87.5 Å². The lowest BCUT2D eigenvalue weighted by Gasteiger charge is -2.20. The Morgan fingerprint density at radius 3 is 2.71 bits per heavy atom. The van der Waals surface area contributed by atoms with Gasteiger partial charge in [-0.2, -0.15) is 0 Å². The molecule has 0 bridgehead atoms. The lowest BCUT2D eigenvalue weighted by molar-refractivity contribution is -0.125. The number of rotatable bonds is 6. The van der Waals surface area contributed by atoms with Crippen LogP contribution in [-0.2, 0) is 9.59 Å². The predicted octanol–water partition coefficient (Wildman–Crippen LogP) is 0.660. The maximum Gasteiger partial charge on any atom is 0.238 e. The molecule has 0 radical (unpaired) electrons. The van der Waals surface area contributed by atoms with E-state index in [0.717, 1.165) is 0 Å². The number of carbonyl (C=O) groups is 2. The third-order valence-corrected chi connectivity index (χ3v) is 2.98. The highest BCUT2D eigenvalue weighted by molar-refractivity contribution is 5.95. The van der Waals surface area contributed by atoms with E-state index in [4.69, 9.17) is 5.73 Å². The van der Waals surface area contributed by atoms with Crippen molar-refractivity contribution in [2.75, 3.05) is 38.2 Å². The lowest BCUT2D eigenvalue weighted by Crippen LogP contribution is -2.38. The highest BCUT2D eigenvalue weighted by Crippen LogP contribution is 2.19. The molecule has 0 aromatic heterocycles. The summed E-state index contributed by atoms with van der Waals surface area (Å²) in [5.41, 5.74) is 6.20. The zero-order valence-electron chi connectivity index (χ0n) is 12.4. The van der Waals surface area contributed by atoms with E-state index in [2.05, 4.69) is 10.6 Å². The minimum Gasteiger partial charge on any atom is -0.397 e. The molecule has 1 atom stereocenters. The quantitative estimate of drug-likeness (QED) is 0.673. The van der Waals surface area contributed by atoms with Crippen molar-refractivity contribution in [2.45, 2.75) is 6.92 Å². The van der Waals surface area contributed by atoms with Gasteiger partial charge in [0.25, 0.3) is 0 Å². The van der Waals surface area contributed by atoms with Gasteiger partial charge >= 0.3 is 0 Å². The first kappa shape index (κ1) is 16.9. The molecule has 0 aliphatic heterocycles. The van der Waals surface area contributed by atoms with E-state index >= 15 is 0 Å². The fraction of sp³-hybridized carbons (Fsp3) is 0.429. The number of carbonyl (C=O) groups excluding carboxylic acids is 2. The standard InChI is InChI=1S/C14H21FN4O2/c1-9(14(21)17-2)7-19(3)8-13(20)18-12-6-10(15)4-5-11(12)16/h4-6,9H,7-8,16H2,1-3H3,(H,17,21)(H,18,20). The molecule has 0 aliphatic carbocycles. The third kappa shape index (κ3) is 5.39. The average molecular weight is 296 g/mol. The van der Waals surface area contributed by atoms with E-state index in [1.165, 1.54) is 18.2 Å². The van der Waals surface area contributed by atoms with Crippen LogP contribution in [0.2, 0.25) is 0 Å². The van der Waals surface area contributed by atoms with Crippen LogP contribution in [0.4, 0.5) is 15.8 Å². The highest BCUT2D eigenvalue weighted by Gasteiger charge is 2.16. The van der Waals surface area contributed by atoms with Gasteiger partial charge in [0.2, 0.25) is 11.8 Å². The van der Waals surface area contributed by atoms with E-state index in [0.29, 0.717) is 12.2 Å². The largest absolute Gasteiger partial charge is 0.397 e. The number of amides is 2. The van der Waals surface area contributed by atoms with Crippen LogP contribution in [-0.4, -0.2) is 43.9 Å². The van der Waals surface area contributed by atoms with Crippen LogP contribution < -0.4 is 16.4 Å². The van der Waals surface area contributed by atoms with Crippen molar-refractivity contribution in [1.82, 2.24) is 10.2 Å². The number of benzene rings is 1. The summed E-state index contributed by atoms with van der Waals surface area (Å²) >= 11 is 0. The zero-order valence-corrected chi connectivity index (χ0v) is 12.4. The first-order chi connectivity index (χ1) is 9.83. The third-order valence-electron chi connectivity index (χ3n) is 2.98. The van der Waals surface area contributed by atoms with E-state index in [1.807, 2.05) is 0 Å². The zero-order chi connectivity index (χ0) is 16.0. The number of halogens is 1. The number of hydrogen-bond acceptors (Lipinski definition) is 4. The van der Waals surface area contributed by atoms with Crippen molar-refractivity contribution < 1.29 is 14.0 Å². The summed E-state index contributed by atoms with van der Waals surface area (Å²) in [6.07, 6.45) is 0. The summed E-state index contributed by atoms with van der Waals surface area (Å²) in [5, 5.41) is 5.10.